The second-order valence-corrected chi connectivity index (χ2v) is 4.59. The van der Waals surface area contributed by atoms with E-state index in [1.807, 2.05) is 17.9 Å². The van der Waals surface area contributed by atoms with Crippen LogP contribution in [-0.2, 0) is 14.3 Å². The van der Waals surface area contributed by atoms with E-state index in [2.05, 4.69) is 10.3 Å². The quantitative estimate of drug-likeness (QED) is 0.799. The molecule has 21 heavy (non-hydrogen) atoms. The van der Waals surface area contributed by atoms with Crippen LogP contribution in [0.1, 0.15) is 17.4 Å². The van der Waals surface area contributed by atoms with Gasteiger partial charge in [0, 0.05) is 25.0 Å². The van der Waals surface area contributed by atoms with Gasteiger partial charge in [0.1, 0.15) is 5.69 Å². The molecule has 1 amide bonds. The first-order chi connectivity index (χ1) is 10.2. The van der Waals surface area contributed by atoms with Crippen LogP contribution in [0.2, 0.25) is 0 Å². The molecule has 7 heteroatoms. The second-order valence-electron chi connectivity index (χ2n) is 4.59. The predicted octanol–water partition coefficient (Wildman–Crippen LogP) is 0.210. The Morgan fingerprint density at radius 1 is 1.57 bits per heavy atom. The number of aromatic nitrogens is 1. The van der Waals surface area contributed by atoms with Crippen molar-refractivity contribution in [2.24, 2.45) is 0 Å². The molecule has 7 nitrogen and oxygen atoms in total. The molecule has 1 unspecified atom stereocenters. The van der Waals surface area contributed by atoms with Crippen molar-refractivity contribution in [2.45, 2.75) is 13.0 Å². The molecule has 1 atom stereocenters. The molecule has 1 aliphatic heterocycles. The number of hydrogen-bond donors (Lipinski definition) is 1. The van der Waals surface area contributed by atoms with E-state index in [-0.39, 0.29) is 5.91 Å². The minimum Gasteiger partial charge on any atom is -0.467 e. The lowest BCUT2D eigenvalue weighted by molar-refractivity contribution is -0.154. The Morgan fingerprint density at radius 2 is 2.38 bits per heavy atom. The third-order valence-corrected chi connectivity index (χ3v) is 3.21. The molecule has 1 saturated heterocycles. The Bertz CT molecular complexity index is 521. The summed E-state index contributed by atoms with van der Waals surface area (Å²) in [4.78, 5) is 29.4. The van der Waals surface area contributed by atoms with E-state index in [0.717, 1.165) is 5.69 Å². The number of amides is 1. The summed E-state index contributed by atoms with van der Waals surface area (Å²) in [5, 5.41) is 2.71. The van der Waals surface area contributed by atoms with Crippen molar-refractivity contribution in [3.63, 3.8) is 0 Å². The van der Waals surface area contributed by atoms with Crippen molar-refractivity contribution >= 4 is 17.6 Å². The number of esters is 1. The zero-order chi connectivity index (χ0) is 15.2. The molecule has 0 spiro atoms. The summed E-state index contributed by atoms with van der Waals surface area (Å²) >= 11 is 0. The fraction of sp³-hybridized carbons (Fsp3) is 0.500. The monoisotopic (exact) mass is 293 g/mol. The largest absolute Gasteiger partial charge is 0.467 e. The number of nitrogens with one attached hydrogen (secondary N) is 1. The zero-order valence-corrected chi connectivity index (χ0v) is 12.2. The highest BCUT2D eigenvalue weighted by Crippen LogP contribution is 2.18. The molecule has 0 saturated carbocycles. The highest BCUT2D eigenvalue weighted by molar-refractivity contribution is 5.93. The van der Waals surface area contributed by atoms with Crippen molar-refractivity contribution in [3.8, 4) is 0 Å². The number of ether oxygens (including phenoxy) is 2. The van der Waals surface area contributed by atoms with Crippen molar-refractivity contribution in [2.75, 3.05) is 38.3 Å². The third-order valence-electron chi connectivity index (χ3n) is 3.21. The Kier molecular flexibility index (Phi) is 5.10. The molecule has 0 aromatic carbocycles. The maximum Gasteiger partial charge on any atom is 0.336 e. The van der Waals surface area contributed by atoms with E-state index < -0.39 is 12.1 Å². The number of methoxy groups -OCH3 is 1. The van der Waals surface area contributed by atoms with Crippen molar-refractivity contribution in [3.05, 3.63) is 24.0 Å². The number of anilines is 1. The lowest BCUT2D eigenvalue weighted by Gasteiger charge is -2.33. The fourth-order valence-electron chi connectivity index (χ4n) is 2.15. The number of pyridine rings is 1. The van der Waals surface area contributed by atoms with Crippen LogP contribution in [0.4, 0.5) is 5.69 Å². The number of carbonyl (C=O) groups is 2. The van der Waals surface area contributed by atoms with Crippen LogP contribution in [0.25, 0.3) is 0 Å². The summed E-state index contributed by atoms with van der Waals surface area (Å²) in [6, 6.07) is 3.52. The van der Waals surface area contributed by atoms with Gasteiger partial charge in [0.2, 0.25) is 0 Å². The predicted molar refractivity (Wildman–Crippen MR) is 76.2 cm³/mol. The van der Waals surface area contributed by atoms with Crippen LogP contribution in [-0.4, -0.2) is 56.3 Å². The zero-order valence-electron chi connectivity index (χ0n) is 12.2. The van der Waals surface area contributed by atoms with Crippen LogP contribution < -0.4 is 10.2 Å². The molecule has 1 aromatic rings. The molecule has 1 aliphatic rings. The molecule has 1 aromatic heterocycles. The van der Waals surface area contributed by atoms with Crippen molar-refractivity contribution in [1.29, 1.82) is 0 Å². The van der Waals surface area contributed by atoms with Gasteiger partial charge in [0.15, 0.2) is 6.10 Å². The number of nitrogens with zero attached hydrogens (tertiary/aromatic N) is 2. The summed E-state index contributed by atoms with van der Waals surface area (Å²) in [6.07, 6.45) is 0.979. The molecule has 0 bridgehead atoms. The maximum atomic E-state index is 11.8. The van der Waals surface area contributed by atoms with Gasteiger partial charge in [-0.2, -0.15) is 0 Å². The molecule has 1 fully saturated rings. The topological polar surface area (TPSA) is 80.8 Å². The Balaban J connectivity index is 2.12. The first kappa shape index (κ1) is 15.2. The molecular formula is C14H19N3O4. The van der Waals surface area contributed by atoms with Gasteiger partial charge < -0.3 is 19.7 Å². The maximum absolute atomic E-state index is 11.8. The summed E-state index contributed by atoms with van der Waals surface area (Å²) < 4.78 is 10.1. The molecule has 2 rings (SSSR count). The first-order valence-electron chi connectivity index (χ1n) is 6.84. The van der Waals surface area contributed by atoms with Crippen molar-refractivity contribution in [1.82, 2.24) is 10.3 Å². The SMILES string of the molecule is CCNC(=O)c1cc(N2CCOC(C(=O)OC)C2)ccn1. The minimum atomic E-state index is -0.607. The van der Waals surface area contributed by atoms with Gasteiger partial charge in [-0.25, -0.2) is 4.79 Å². The summed E-state index contributed by atoms with van der Waals surface area (Å²) in [5.74, 6) is -0.602. The summed E-state index contributed by atoms with van der Waals surface area (Å²) in [7, 11) is 1.34. The number of carbonyl (C=O) groups excluding carboxylic acids is 2. The standard InChI is InChI=1S/C14H19N3O4/c1-3-15-13(18)11-8-10(4-5-16-11)17-6-7-21-12(9-17)14(19)20-2/h4-5,8,12H,3,6-7,9H2,1-2H3,(H,15,18). The molecule has 0 aliphatic carbocycles. The van der Waals surface area contributed by atoms with Gasteiger partial charge in [-0.3, -0.25) is 9.78 Å². The van der Waals surface area contributed by atoms with E-state index in [1.165, 1.54) is 7.11 Å². The number of morpholine rings is 1. The van der Waals surface area contributed by atoms with Gasteiger partial charge in [-0.1, -0.05) is 0 Å². The highest BCUT2D eigenvalue weighted by atomic mass is 16.6. The minimum absolute atomic E-state index is 0.211. The number of rotatable bonds is 4. The second kappa shape index (κ2) is 7.03. The average molecular weight is 293 g/mol. The normalized spacial score (nSPS) is 18.2. The van der Waals surface area contributed by atoms with E-state index in [9.17, 15) is 9.59 Å². The molecule has 1 N–H and O–H groups in total. The third kappa shape index (κ3) is 3.69. The first-order valence-corrected chi connectivity index (χ1v) is 6.84. The fourth-order valence-corrected chi connectivity index (χ4v) is 2.15. The Hall–Kier alpha value is -2.15. The van der Waals surface area contributed by atoms with Crippen LogP contribution in [0.5, 0.6) is 0 Å². The van der Waals surface area contributed by atoms with E-state index >= 15 is 0 Å². The summed E-state index contributed by atoms with van der Waals surface area (Å²) in [6.45, 7) is 3.87. The van der Waals surface area contributed by atoms with E-state index in [1.54, 1.807) is 12.3 Å². The van der Waals surface area contributed by atoms with Crippen LogP contribution in [0.15, 0.2) is 18.3 Å². The van der Waals surface area contributed by atoms with E-state index in [0.29, 0.717) is 31.9 Å². The van der Waals surface area contributed by atoms with Crippen LogP contribution >= 0.6 is 0 Å². The number of hydrogen-bond acceptors (Lipinski definition) is 6. The van der Waals surface area contributed by atoms with Crippen molar-refractivity contribution < 1.29 is 19.1 Å². The van der Waals surface area contributed by atoms with Crippen LogP contribution in [0.3, 0.4) is 0 Å². The van der Waals surface area contributed by atoms with Crippen LogP contribution in [0, 0.1) is 0 Å². The average Bonchev–Trinajstić information content (AvgIpc) is 2.54. The lowest BCUT2D eigenvalue weighted by atomic mass is 10.2. The van der Waals surface area contributed by atoms with E-state index in [4.69, 9.17) is 9.47 Å². The van der Waals surface area contributed by atoms with Gasteiger partial charge in [0.25, 0.3) is 5.91 Å². The van der Waals surface area contributed by atoms with Gasteiger partial charge in [0.05, 0.1) is 20.3 Å². The lowest BCUT2D eigenvalue weighted by Crippen LogP contribution is -2.46. The Labute approximate surface area is 123 Å². The molecule has 2 heterocycles. The smallest absolute Gasteiger partial charge is 0.336 e. The van der Waals surface area contributed by atoms with Gasteiger partial charge in [-0.05, 0) is 19.1 Å². The summed E-state index contributed by atoms with van der Waals surface area (Å²) in [5.41, 5.74) is 1.19. The molecule has 0 radical (unpaired) electrons. The van der Waals surface area contributed by atoms with Gasteiger partial charge in [-0.15, -0.1) is 0 Å². The highest BCUT2D eigenvalue weighted by Gasteiger charge is 2.27. The molecule has 114 valence electrons. The van der Waals surface area contributed by atoms with Gasteiger partial charge >= 0.3 is 5.97 Å². The molecular weight excluding hydrogens is 274 g/mol. The Morgan fingerprint density at radius 3 is 3.10 bits per heavy atom.